The number of hydrogen-bond acceptors (Lipinski definition) is 3. The Morgan fingerprint density at radius 1 is 1.20 bits per heavy atom. The van der Waals surface area contributed by atoms with Crippen molar-refractivity contribution in [1.29, 1.82) is 0 Å². The molecule has 4 nitrogen and oxygen atoms in total. The summed E-state index contributed by atoms with van der Waals surface area (Å²) in [6.45, 7) is 2.06. The topological polar surface area (TPSA) is 55.2 Å². The minimum Gasteiger partial charge on any atom is -0.379 e. The molecule has 0 saturated heterocycles. The van der Waals surface area contributed by atoms with Crippen LogP contribution in [-0.2, 0) is 6.54 Å². The van der Waals surface area contributed by atoms with Gasteiger partial charge >= 0.3 is 0 Å². The van der Waals surface area contributed by atoms with Gasteiger partial charge in [0.1, 0.15) is 5.82 Å². The summed E-state index contributed by atoms with van der Waals surface area (Å²) in [7, 11) is 0. The van der Waals surface area contributed by atoms with Gasteiger partial charge < -0.3 is 5.32 Å². The summed E-state index contributed by atoms with van der Waals surface area (Å²) >= 11 is 0. The second kappa shape index (κ2) is 5.64. The Morgan fingerprint density at radius 3 is 2.55 bits per heavy atom. The minimum absolute atomic E-state index is 0.166. The highest BCUT2D eigenvalue weighted by Crippen LogP contribution is 2.21. The molecule has 0 heterocycles. The Morgan fingerprint density at radius 2 is 1.95 bits per heavy atom. The van der Waals surface area contributed by atoms with Crippen LogP contribution in [0.2, 0.25) is 0 Å². The van der Waals surface area contributed by atoms with Crippen LogP contribution in [0.25, 0.3) is 0 Å². The molecule has 20 heavy (non-hydrogen) atoms. The van der Waals surface area contributed by atoms with E-state index in [2.05, 4.69) is 5.32 Å². The van der Waals surface area contributed by atoms with Crippen molar-refractivity contribution in [1.82, 2.24) is 0 Å². The number of anilines is 1. The highest BCUT2D eigenvalue weighted by Gasteiger charge is 2.10. The second-order valence-electron chi connectivity index (χ2n) is 4.35. The van der Waals surface area contributed by atoms with Crippen LogP contribution in [0.5, 0.6) is 0 Å². The molecule has 2 rings (SSSR count). The maximum Gasteiger partial charge on any atom is 0.272 e. The lowest BCUT2D eigenvalue weighted by Gasteiger charge is -2.10. The van der Waals surface area contributed by atoms with Crippen LogP contribution < -0.4 is 5.32 Å². The van der Waals surface area contributed by atoms with Crippen molar-refractivity contribution in [3.05, 3.63) is 69.3 Å². The molecule has 0 aliphatic carbocycles. The molecule has 0 bridgehead atoms. The average molecular weight is 278 g/mol. The molecule has 0 aliphatic heterocycles. The SMILES string of the molecule is Cc1cc(F)ccc1CNc1ccc([N+](=O)[O-])cc1F. The molecular weight excluding hydrogens is 266 g/mol. The lowest BCUT2D eigenvalue weighted by molar-refractivity contribution is -0.385. The van der Waals surface area contributed by atoms with E-state index in [1.807, 2.05) is 0 Å². The van der Waals surface area contributed by atoms with Gasteiger partial charge in [-0.15, -0.1) is 0 Å². The number of hydrogen-bond donors (Lipinski definition) is 1. The summed E-state index contributed by atoms with van der Waals surface area (Å²) in [5.41, 5.74) is 1.44. The summed E-state index contributed by atoms with van der Waals surface area (Å²) in [5, 5.41) is 13.3. The van der Waals surface area contributed by atoms with Crippen LogP contribution in [-0.4, -0.2) is 4.92 Å². The van der Waals surface area contributed by atoms with Crippen molar-refractivity contribution >= 4 is 11.4 Å². The maximum atomic E-state index is 13.7. The van der Waals surface area contributed by atoms with Crippen LogP contribution in [0.3, 0.4) is 0 Å². The molecule has 0 unspecified atom stereocenters. The van der Waals surface area contributed by atoms with E-state index in [0.717, 1.165) is 17.2 Å². The number of nitro groups is 1. The molecule has 2 aromatic rings. The molecule has 0 aromatic heterocycles. The first-order chi connectivity index (χ1) is 9.47. The molecule has 0 radical (unpaired) electrons. The molecule has 6 heteroatoms. The zero-order valence-corrected chi connectivity index (χ0v) is 10.7. The number of nitrogens with zero attached hydrogens (tertiary/aromatic N) is 1. The third-order valence-electron chi connectivity index (χ3n) is 2.94. The predicted molar refractivity (Wildman–Crippen MR) is 71.5 cm³/mol. The maximum absolute atomic E-state index is 13.7. The summed E-state index contributed by atoms with van der Waals surface area (Å²) in [6, 6.07) is 7.73. The van der Waals surface area contributed by atoms with Crippen molar-refractivity contribution in [2.24, 2.45) is 0 Å². The van der Waals surface area contributed by atoms with E-state index in [-0.39, 0.29) is 17.2 Å². The van der Waals surface area contributed by atoms with Gasteiger partial charge in [-0.1, -0.05) is 6.07 Å². The molecular formula is C14H12F2N2O2. The third kappa shape index (κ3) is 3.09. The van der Waals surface area contributed by atoms with E-state index < -0.39 is 10.7 Å². The van der Waals surface area contributed by atoms with Gasteiger partial charge in [0.2, 0.25) is 0 Å². The Balaban J connectivity index is 2.13. The predicted octanol–water partition coefficient (Wildman–Crippen LogP) is 3.79. The van der Waals surface area contributed by atoms with Crippen LogP contribution >= 0.6 is 0 Å². The highest BCUT2D eigenvalue weighted by molar-refractivity contribution is 5.50. The number of halogens is 2. The van der Waals surface area contributed by atoms with Crippen LogP contribution in [0.4, 0.5) is 20.2 Å². The Kier molecular flexibility index (Phi) is 3.93. The molecule has 104 valence electrons. The number of aryl methyl sites for hydroxylation is 1. The van der Waals surface area contributed by atoms with E-state index in [1.54, 1.807) is 13.0 Å². The zero-order valence-electron chi connectivity index (χ0n) is 10.7. The standard InChI is InChI=1S/C14H12F2N2O2/c1-9-6-11(15)3-2-10(9)8-17-14-5-4-12(18(19)20)7-13(14)16/h2-7,17H,8H2,1H3. The smallest absolute Gasteiger partial charge is 0.272 e. The monoisotopic (exact) mass is 278 g/mol. The fourth-order valence-electron chi connectivity index (χ4n) is 1.81. The second-order valence-corrected chi connectivity index (χ2v) is 4.35. The summed E-state index contributed by atoms with van der Waals surface area (Å²) < 4.78 is 26.6. The minimum atomic E-state index is -0.695. The fraction of sp³-hybridized carbons (Fsp3) is 0.143. The molecule has 0 saturated carbocycles. The van der Waals surface area contributed by atoms with Crippen molar-refractivity contribution in [3.63, 3.8) is 0 Å². The molecule has 1 N–H and O–H groups in total. The van der Waals surface area contributed by atoms with Gasteiger partial charge in [-0.3, -0.25) is 10.1 Å². The summed E-state index contributed by atoms with van der Waals surface area (Å²) in [4.78, 5) is 9.85. The van der Waals surface area contributed by atoms with Gasteiger partial charge in [0, 0.05) is 12.6 Å². The van der Waals surface area contributed by atoms with E-state index in [0.29, 0.717) is 6.54 Å². The fourth-order valence-corrected chi connectivity index (χ4v) is 1.81. The molecule has 0 fully saturated rings. The molecule has 2 aromatic carbocycles. The first-order valence-electron chi connectivity index (χ1n) is 5.90. The van der Waals surface area contributed by atoms with Crippen molar-refractivity contribution in [2.75, 3.05) is 5.32 Å². The highest BCUT2D eigenvalue weighted by atomic mass is 19.1. The van der Waals surface area contributed by atoms with E-state index in [9.17, 15) is 18.9 Å². The Hall–Kier alpha value is -2.50. The van der Waals surface area contributed by atoms with E-state index >= 15 is 0 Å². The van der Waals surface area contributed by atoms with Crippen LogP contribution in [0.1, 0.15) is 11.1 Å². The normalized spacial score (nSPS) is 10.3. The lowest BCUT2D eigenvalue weighted by Crippen LogP contribution is -2.03. The number of non-ortho nitro benzene ring substituents is 1. The van der Waals surface area contributed by atoms with Gasteiger partial charge in [0.25, 0.3) is 5.69 Å². The van der Waals surface area contributed by atoms with E-state index in [4.69, 9.17) is 0 Å². The van der Waals surface area contributed by atoms with Gasteiger partial charge in [-0.25, -0.2) is 8.78 Å². The summed E-state index contributed by atoms with van der Waals surface area (Å²) in [5.74, 6) is -1.02. The number of rotatable bonds is 4. The first-order valence-corrected chi connectivity index (χ1v) is 5.90. The first kappa shape index (κ1) is 13.9. The van der Waals surface area contributed by atoms with Crippen molar-refractivity contribution in [2.45, 2.75) is 13.5 Å². The van der Waals surface area contributed by atoms with Gasteiger partial charge in [0.15, 0.2) is 5.82 Å². The van der Waals surface area contributed by atoms with Crippen molar-refractivity contribution in [3.8, 4) is 0 Å². The van der Waals surface area contributed by atoms with Crippen LogP contribution in [0, 0.1) is 28.7 Å². The molecule has 0 aliphatic rings. The number of benzene rings is 2. The molecule has 0 amide bonds. The number of nitro benzene ring substituents is 1. The summed E-state index contributed by atoms with van der Waals surface area (Å²) in [6.07, 6.45) is 0. The van der Waals surface area contributed by atoms with Gasteiger partial charge in [0.05, 0.1) is 16.7 Å². The third-order valence-corrected chi connectivity index (χ3v) is 2.94. The molecule has 0 atom stereocenters. The zero-order chi connectivity index (χ0) is 14.7. The lowest BCUT2D eigenvalue weighted by atomic mass is 10.1. The van der Waals surface area contributed by atoms with Gasteiger partial charge in [-0.2, -0.15) is 0 Å². The van der Waals surface area contributed by atoms with Gasteiger partial charge in [-0.05, 0) is 36.2 Å². The Labute approximate surface area is 114 Å². The Bertz CT molecular complexity index is 660. The van der Waals surface area contributed by atoms with Crippen LogP contribution in [0.15, 0.2) is 36.4 Å². The quantitative estimate of drug-likeness (QED) is 0.683. The largest absolute Gasteiger partial charge is 0.379 e. The number of nitrogens with one attached hydrogen (secondary N) is 1. The van der Waals surface area contributed by atoms with E-state index in [1.165, 1.54) is 24.3 Å². The molecule has 0 spiro atoms. The van der Waals surface area contributed by atoms with Crippen molar-refractivity contribution < 1.29 is 13.7 Å². The average Bonchev–Trinajstić information content (AvgIpc) is 2.38.